The fourth-order valence-corrected chi connectivity index (χ4v) is 11.6. The van der Waals surface area contributed by atoms with E-state index in [1.54, 1.807) is 55.4 Å². The van der Waals surface area contributed by atoms with Crippen LogP contribution in [0.3, 0.4) is 0 Å². The third-order valence-electron chi connectivity index (χ3n) is 17.0. The van der Waals surface area contributed by atoms with Gasteiger partial charge >= 0.3 is 0 Å². The van der Waals surface area contributed by atoms with Gasteiger partial charge < -0.3 is 75.5 Å². The van der Waals surface area contributed by atoms with E-state index in [0.717, 1.165) is 112 Å². The zero-order chi connectivity index (χ0) is 72.2. The first-order valence-electron chi connectivity index (χ1n) is 34.0. The molecule has 0 radical (unpaired) electrons. The molecule has 540 valence electrons. The largest absolute Gasteiger partial charge is 0.378 e. The molecule has 3 saturated heterocycles. The summed E-state index contributed by atoms with van der Waals surface area (Å²) in [6.45, 7) is 17.9. The van der Waals surface area contributed by atoms with Crippen LogP contribution >= 0.6 is 0 Å². The molecule has 3 aromatic carbocycles. The van der Waals surface area contributed by atoms with Crippen LogP contribution < -0.4 is 46.6 Å². The number of carbonyl (C=O) groups is 3. The number of halogens is 3. The van der Waals surface area contributed by atoms with Crippen molar-refractivity contribution in [2.45, 2.75) is 38.9 Å². The van der Waals surface area contributed by atoms with Crippen LogP contribution in [0.4, 0.5) is 47.7 Å². The van der Waals surface area contributed by atoms with Crippen LogP contribution in [0.2, 0.25) is 0 Å². The molecule has 9 aromatic rings. The highest BCUT2D eigenvalue weighted by atomic mass is 19.1. The van der Waals surface area contributed by atoms with Crippen molar-refractivity contribution in [1.29, 1.82) is 0 Å². The number of nitrogens with zero attached hydrogens (tertiary/aromatic N) is 15. The molecular weight excluding hydrogens is 1310 g/mol. The molecule has 3 unspecified atom stereocenters. The number of ether oxygens (including phenoxy) is 3. The molecule has 3 fully saturated rings. The summed E-state index contributed by atoms with van der Waals surface area (Å²) in [6, 6.07) is 14.1. The summed E-state index contributed by atoms with van der Waals surface area (Å²) in [5, 5.41) is 18.7. The molecule has 27 nitrogen and oxygen atoms in total. The topological polar surface area (TPSA) is 287 Å². The summed E-state index contributed by atoms with van der Waals surface area (Å²) in [5.74, 6) is 0.483. The van der Waals surface area contributed by atoms with Crippen LogP contribution in [0.25, 0.3) is 33.1 Å². The van der Waals surface area contributed by atoms with Gasteiger partial charge in [0, 0.05) is 130 Å². The molecule has 3 atom stereocenters. The van der Waals surface area contributed by atoms with Gasteiger partial charge in [-0.3, -0.25) is 44.3 Å². The van der Waals surface area contributed by atoms with Crippen molar-refractivity contribution in [1.82, 2.24) is 75.5 Å². The van der Waals surface area contributed by atoms with Crippen LogP contribution in [-0.4, -0.2) is 238 Å². The third kappa shape index (κ3) is 20.8. The van der Waals surface area contributed by atoms with Gasteiger partial charge in [0.1, 0.15) is 34.9 Å². The summed E-state index contributed by atoms with van der Waals surface area (Å²) in [4.78, 5) is 91.4. The standard InChI is InChI=1S/3C24H30FN7O2/c3*1-16(29-19-12-18(25)13-26-14-19)20-10-17(24(33)27-4-5-31(2)3)11-21-23(20)30-22(15-28-21)32-6-8-34-9-7-32/h3*10-16,29H,4-9H2,1-3H3,(H,27,33). The number of hydrogen-bond acceptors (Lipinski definition) is 24. The molecule has 6 N–H and O–H groups in total. The van der Waals surface area contributed by atoms with Gasteiger partial charge in [0.2, 0.25) is 0 Å². The molecule has 0 saturated carbocycles. The molecule has 6 aromatic heterocycles. The number of aromatic nitrogens is 9. The maximum atomic E-state index is 13.7. The number of pyridine rings is 3. The summed E-state index contributed by atoms with van der Waals surface area (Å²) >= 11 is 0. The second-order valence-corrected chi connectivity index (χ2v) is 25.7. The minimum absolute atomic E-state index is 0.177. The van der Waals surface area contributed by atoms with Crippen LogP contribution in [-0.2, 0) is 14.2 Å². The lowest BCUT2D eigenvalue weighted by atomic mass is 10.0. The Hall–Kier alpha value is -10.1. The average Bonchev–Trinajstić information content (AvgIpc) is 0.791. The van der Waals surface area contributed by atoms with Gasteiger partial charge in [0.05, 0.1) is 164 Å². The van der Waals surface area contributed by atoms with Gasteiger partial charge in [-0.1, -0.05) is 0 Å². The Bertz CT molecular complexity index is 3880. The molecule has 3 amide bonds. The van der Waals surface area contributed by atoms with Crippen molar-refractivity contribution in [3.05, 3.63) is 161 Å². The van der Waals surface area contributed by atoms with Crippen LogP contribution in [0.15, 0.2) is 110 Å². The smallest absolute Gasteiger partial charge is 0.251 e. The number of likely N-dealkylation sites (N-methyl/N-ethyl adjacent to an activating group) is 3. The second kappa shape index (κ2) is 36.0. The Morgan fingerprint density at radius 1 is 0.402 bits per heavy atom. The van der Waals surface area contributed by atoms with E-state index in [-0.39, 0.29) is 35.8 Å². The summed E-state index contributed by atoms with van der Waals surface area (Å²) in [6.07, 6.45) is 13.4. The third-order valence-corrected chi connectivity index (χ3v) is 17.0. The van der Waals surface area contributed by atoms with E-state index < -0.39 is 17.5 Å². The number of amides is 3. The van der Waals surface area contributed by atoms with Crippen molar-refractivity contribution in [2.75, 3.05) is 191 Å². The Labute approximate surface area is 591 Å². The zero-order valence-electron chi connectivity index (χ0n) is 59.1. The van der Waals surface area contributed by atoms with Gasteiger partial charge in [-0.25, -0.2) is 28.1 Å². The van der Waals surface area contributed by atoms with E-state index in [1.165, 1.54) is 18.2 Å². The number of fused-ring (bicyclic) bond motifs is 3. The first-order chi connectivity index (χ1) is 49.2. The Morgan fingerprint density at radius 2 is 0.667 bits per heavy atom. The molecule has 0 aliphatic carbocycles. The van der Waals surface area contributed by atoms with Crippen molar-refractivity contribution >= 4 is 85.3 Å². The first-order valence-corrected chi connectivity index (χ1v) is 34.0. The second-order valence-electron chi connectivity index (χ2n) is 25.7. The molecule has 102 heavy (non-hydrogen) atoms. The number of morpholine rings is 3. The Kier molecular flexibility index (Phi) is 26.3. The quantitative estimate of drug-likeness (QED) is 0.0344. The molecule has 30 heteroatoms. The molecule has 0 bridgehead atoms. The number of carbonyl (C=O) groups excluding carboxylic acids is 3. The summed E-state index contributed by atoms with van der Waals surface area (Å²) < 4.78 is 57.4. The average molecular weight is 1400 g/mol. The first kappa shape index (κ1) is 74.6. The van der Waals surface area contributed by atoms with Crippen LogP contribution in [0.1, 0.15) is 86.7 Å². The lowest BCUT2D eigenvalue weighted by Crippen LogP contribution is -2.36. The highest BCUT2D eigenvalue weighted by molar-refractivity contribution is 6.00. The minimum atomic E-state index is -0.425. The number of hydrogen-bond donors (Lipinski definition) is 6. The zero-order valence-corrected chi connectivity index (χ0v) is 59.1. The molecule has 3 aliphatic rings. The van der Waals surface area contributed by atoms with Crippen molar-refractivity contribution in [3.8, 4) is 0 Å². The van der Waals surface area contributed by atoms with Crippen molar-refractivity contribution < 1.29 is 41.8 Å². The van der Waals surface area contributed by atoms with Crippen LogP contribution in [0, 0.1) is 17.5 Å². The minimum Gasteiger partial charge on any atom is -0.378 e. The molecule has 0 spiro atoms. The Balaban J connectivity index is 0.000000165. The lowest BCUT2D eigenvalue weighted by Gasteiger charge is -2.28. The summed E-state index contributed by atoms with van der Waals surface area (Å²) in [7, 11) is 11.7. The van der Waals surface area contributed by atoms with E-state index in [4.69, 9.17) is 29.2 Å². The molecule has 3 aliphatic heterocycles. The number of nitrogens with one attached hydrogen (secondary N) is 6. The predicted molar refractivity (Wildman–Crippen MR) is 389 cm³/mol. The highest BCUT2D eigenvalue weighted by Crippen LogP contribution is 2.33. The normalized spacial score (nSPS) is 14.9. The van der Waals surface area contributed by atoms with E-state index in [2.05, 4.69) is 76.5 Å². The van der Waals surface area contributed by atoms with Crippen LogP contribution in [0.5, 0.6) is 0 Å². The van der Waals surface area contributed by atoms with E-state index >= 15 is 0 Å². The fourth-order valence-electron chi connectivity index (χ4n) is 11.6. The van der Waals surface area contributed by atoms with E-state index in [0.29, 0.717) is 126 Å². The van der Waals surface area contributed by atoms with E-state index in [1.807, 2.05) is 96.0 Å². The summed E-state index contributed by atoms with van der Waals surface area (Å²) in [5.41, 5.74) is 9.45. The van der Waals surface area contributed by atoms with Gasteiger partial charge in [-0.15, -0.1) is 0 Å². The number of rotatable bonds is 24. The number of benzene rings is 3. The lowest BCUT2D eigenvalue weighted by molar-refractivity contribution is 0.0943. The van der Waals surface area contributed by atoms with E-state index in [9.17, 15) is 27.6 Å². The molecule has 12 rings (SSSR count). The van der Waals surface area contributed by atoms with Gasteiger partial charge in [-0.05, 0) is 99.5 Å². The fraction of sp³-hybridized carbons (Fsp3) is 0.417. The van der Waals surface area contributed by atoms with Gasteiger partial charge in [-0.2, -0.15) is 0 Å². The van der Waals surface area contributed by atoms with Gasteiger partial charge in [0.25, 0.3) is 17.7 Å². The molecule has 9 heterocycles. The SMILES string of the molecule is CC(Nc1cncc(F)c1)c1cc(C(=O)NCCN(C)C)cc2ncc(N3CCOCC3)nc12.CC(Nc1cncc(F)c1)c1cc(C(=O)NCCN(C)C)cc2ncc(N3CCOCC3)nc12.CC(Nc1cncc(F)c1)c1cc(C(=O)NCCN(C)C)cc2ncc(N3CCOCC3)nc12. The maximum Gasteiger partial charge on any atom is 0.251 e. The maximum absolute atomic E-state index is 13.7. The van der Waals surface area contributed by atoms with Crippen molar-refractivity contribution in [2.24, 2.45) is 0 Å². The number of anilines is 6. The molecular formula is C72H90F3N21O6. The Morgan fingerprint density at radius 3 is 0.912 bits per heavy atom. The predicted octanol–water partition coefficient (Wildman–Crippen LogP) is 7.40. The monoisotopic (exact) mass is 1400 g/mol. The van der Waals surface area contributed by atoms with Gasteiger partial charge in [0.15, 0.2) is 0 Å². The van der Waals surface area contributed by atoms with Crippen molar-refractivity contribution in [3.63, 3.8) is 0 Å². The highest BCUT2D eigenvalue weighted by Gasteiger charge is 2.25.